The molecule has 1 atom stereocenters. The van der Waals surface area contributed by atoms with E-state index in [1.807, 2.05) is 13.1 Å². The van der Waals surface area contributed by atoms with Crippen LogP contribution in [-0.2, 0) is 10.2 Å². The van der Waals surface area contributed by atoms with Gasteiger partial charge in [0.1, 0.15) is 0 Å². The van der Waals surface area contributed by atoms with Crippen LogP contribution in [0.5, 0.6) is 11.5 Å². The van der Waals surface area contributed by atoms with Crippen molar-refractivity contribution in [2.24, 2.45) is 4.99 Å². The Kier molecular flexibility index (Phi) is 6.45. The summed E-state index contributed by atoms with van der Waals surface area (Å²) in [5.41, 5.74) is 1.28. The smallest absolute Gasteiger partial charge is 0.231 e. The molecule has 7 heteroatoms. The van der Waals surface area contributed by atoms with Gasteiger partial charge in [0, 0.05) is 44.8 Å². The van der Waals surface area contributed by atoms with Crippen molar-refractivity contribution in [3.63, 3.8) is 0 Å². The van der Waals surface area contributed by atoms with Crippen molar-refractivity contribution in [2.75, 3.05) is 53.2 Å². The molecule has 2 N–H and O–H groups in total. The average Bonchev–Trinajstić information content (AvgIpc) is 3.43. The minimum atomic E-state index is -0.000335. The molecule has 0 bridgehead atoms. The van der Waals surface area contributed by atoms with Crippen LogP contribution in [0.3, 0.4) is 0 Å². The third-order valence-corrected chi connectivity index (χ3v) is 6.66. The summed E-state index contributed by atoms with van der Waals surface area (Å²) in [6.07, 6.45) is 4.50. The third-order valence-electron chi connectivity index (χ3n) is 6.66. The predicted molar refractivity (Wildman–Crippen MR) is 114 cm³/mol. The molecule has 0 aliphatic carbocycles. The number of aliphatic imine (C=N–C) groups is 1. The molecule has 0 radical (unpaired) electrons. The molecule has 29 heavy (non-hydrogen) atoms. The fraction of sp³-hybridized carbons (Fsp3) is 0.682. The Labute approximate surface area is 173 Å². The van der Waals surface area contributed by atoms with Gasteiger partial charge >= 0.3 is 0 Å². The number of hydrogen-bond donors (Lipinski definition) is 2. The molecule has 0 aromatic heterocycles. The molecular formula is C22H34N4O3. The molecule has 1 unspecified atom stereocenters. The van der Waals surface area contributed by atoms with Gasteiger partial charge in [0.05, 0.1) is 0 Å². The van der Waals surface area contributed by atoms with Crippen molar-refractivity contribution in [1.29, 1.82) is 0 Å². The van der Waals surface area contributed by atoms with E-state index < -0.39 is 0 Å². The largest absolute Gasteiger partial charge is 0.454 e. The van der Waals surface area contributed by atoms with Crippen molar-refractivity contribution in [3.8, 4) is 11.5 Å². The van der Waals surface area contributed by atoms with Gasteiger partial charge in [0.2, 0.25) is 6.79 Å². The quantitative estimate of drug-likeness (QED) is 0.561. The molecule has 7 nitrogen and oxygen atoms in total. The number of rotatable bonds is 6. The molecule has 0 saturated carbocycles. The summed E-state index contributed by atoms with van der Waals surface area (Å²) in [6.45, 7) is 8.18. The molecule has 1 aromatic rings. The van der Waals surface area contributed by atoms with E-state index in [9.17, 15) is 0 Å². The summed E-state index contributed by atoms with van der Waals surface area (Å²) < 4.78 is 16.8. The van der Waals surface area contributed by atoms with Gasteiger partial charge in [-0.2, -0.15) is 0 Å². The molecule has 0 spiro atoms. The Morgan fingerprint density at radius 2 is 2.03 bits per heavy atom. The summed E-state index contributed by atoms with van der Waals surface area (Å²) in [4.78, 5) is 7.02. The van der Waals surface area contributed by atoms with Gasteiger partial charge in [-0.25, -0.2) is 0 Å². The molecule has 3 aliphatic rings. The van der Waals surface area contributed by atoms with Crippen LogP contribution in [0, 0.1) is 0 Å². The van der Waals surface area contributed by atoms with E-state index in [0.29, 0.717) is 12.8 Å². The van der Waals surface area contributed by atoms with Gasteiger partial charge in [0.15, 0.2) is 17.5 Å². The Bertz CT molecular complexity index is 718. The van der Waals surface area contributed by atoms with Crippen LogP contribution in [0.15, 0.2) is 23.2 Å². The zero-order valence-corrected chi connectivity index (χ0v) is 17.7. The van der Waals surface area contributed by atoms with Crippen LogP contribution < -0.4 is 20.1 Å². The molecule has 2 saturated heterocycles. The second-order valence-corrected chi connectivity index (χ2v) is 8.19. The monoisotopic (exact) mass is 402 g/mol. The summed E-state index contributed by atoms with van der Waals surface area (Å²) >= 11 is 0. The van der Waals surface area contributed by atoms with Gasteiger partial charge in [-0.15, -0.1) is 0 Å². The fourth-order valence-electron chi connectivity index (χ4n) is 4.79. The number of likely N-dealkylation sites (tertiary alicyclic amines) is 1. The molecule has 4 rings (SSSR count). The lowest BCUT2D eigenvalue weighted by Gasteiger charge is -2.38. The van der Waals surface area contributed by atoms with Crippen molar-refractivity contribution in [1.82, 2.24) is 15.5 Å². The highest BCUT2D eigenvalue weighted by Gasteiger charge is 2.36. The Balaban J connectivity index is 1.41. The number of likely N-dealkylation sites (N-methyl/N-ethyl adjacent to an activating group) is 1. The number of nitrogens with one attached hydrogen (secondary N) is 2. The van der Waals surface area contributed by atoms with Crippen LogP contribution in [0.1, 0.15) is 38.2 Å². The van der Waals surface area contributed by atoms with Crippen LogP contribution in [0.2, 0.25) is 0 Å². The molecule has 3 heterocycles. The first-order chi connectivity index (χ1) is 14.2. The Morgan fingerprint density at radius 3 is 2.83 bits per heavy atom. The molecule has 3 aliphatic heterocycles. The lowest BCUT2D eigenvalue weighted by Crippen LogP contribution is -2.50. The van der Waals surface area contributed by atoms with Crippen molar-refractivity contribution >= 4 is 5.96 Å². The van der Waals surface area contributed by atoms with Crippen molar-refractivity contribution < 1.29 is 14.2 Å². The summed E-state index contributed by atoms with van der Waals surface area (Å²) in [5.74, 6) is 2.55. The summed E-state index contributed by atoms with van der Waals surface area (Å²) in [5, 5.41) is 7.14. The minimum absolute atomic E-state index is 0.000335. The van der Waals surface area contributed by atoms with E-state index in [0.717, 1.165) is 63.1 Å². The molecule has 0 amide bonds. The maximum Gasteiger partial charge on any atom is 0.231 e. The number of guanidine groups is 1. The number of fused-ring (bicyclic) bond motifs is 1. The van der Waals surface area contributed by atoms with Crippen LogP contribution >= 0.6 is 0 Å². The van der Waals surface area contributed by atoms with Crippen molar-refractivity contribution in [3.05, 3.63) is 23.8 Å². The van der Waals surface area contributed by atoms with Crippen LogP contribution in [0.25, 0.3) is 0 Å². The van der Waals surface area contributed by atoms with Crippen LogP contribution in [0.4, 0.5) is 0 Å². The SMILES string of the molecule is CCN1CCCC1CNC(=NC)NCC1(c2ccc3c(c2)OCO3)CCOCC1. The highest BCUT2D eigenvalue weighted by atomic mass is 16.7. The first kappa shape index (κ1) is 20.3. The fourth-order valence-corrected chi connectivity index (χ4v) is 4.79. The van der Waals surface area contributed by atoms with Gasteiger partial charge in [-0.05, 0) is 56.5 Å². The lowest BCUT2D eigenvalue weighted by atomic mass is 9.74. The number of hydrogen-bond acceptors (Lipinski definition) is 5. The maximum atomic E-state index is 5.68. The van der Waals surface area contributed by atoms with E-state index in [1.165, 1.54) is 24.9 Å². The molecule has 160 valence electrons. The van der Waals surface area contributed by atoms with E-state index in [-0.39, 0.29) is 5.41 Å². The maximum absolute atomic E-state index is 5.68. The van der Waals surface area contributed by atoms with Crippen molar-refractivity contribution in [2.45, 2.75) is 44.1 Å². The lowest BCUT2D eigenvalue weighted by molar-refractivity contribution is 0.0513. The topological polar surface area (TPSA) is 67.4 Å². The second-order valence-electron chi connectivity index (χ2n) is 8.19. The van der Waals surface area contributed by atoms with E-state index >= 15 is 0 Å². The Morgan fingerprint density at radius 1 is 1.21 bits per heavy atom. The zero-order valence-electron chi connectivity index (χ0n) is 17.7. The zero-order chi connectivity index (χ0) is 20.1. The van der Waals surface area contributed by atoms with Gasteiger partial charge in [-0.1, -0.05) is 13.0 Å². The van der Waals surface area contributed by atoms with Crippen LogP contribution in [-0.4, -0.2) is 70.1 Å². The minimum Gasteiger partial charge on any atom is -0.454 e. The molecule has 1 aromatic carbocycles. The van der Waals surface area contributed by atoms with Gasteiger partial charge in [-0.3, -0.25) is 9.89 Å². The summed E-state index contributed by atoms with van der Waals surface area (Å²) in [7, 11) is 1.85. The summed E-state index contributed by atoms with van der Waals surface area (Å²) in [6, 6.07) is 6.95. The molecule has 2 fully saturated rings. The first-order valence-corrected chi connectivity index (χ1v) is 10.9. The van der Waals surface area contributed by atoms with Gasteiger partial charge in [0.25, 0.3) is 0 Å². The number of benzene rings is 1. The Hall–Kier alpha value is -1.99. The number of ether oxygens (including phenoxy) is 3. The van der Waals surface area contributed by atoms with E-state index in [4.69, 9.17) is 14.2 Å². The highest BCUT2D eigenvalue weighted by molar-refractivity contribution is 5.79. The van der Waals surface area contributed by atoms with E-state index in [2.05, 4.69) is 39.6 Å². The van der Waals surface area contributed by atoms with E-state index in [1.54, 1.807) is 0 Å². The average molecular weight is 403 g/mol. The van der Waals surface area contributed by atoms with Gasteiger partial charge < -0.3 is 24.8 Å². The highest BCUT2D eigenvalue weighted by Crippen LogP contribution is 2.40. The molecular weight excluding hydrogens is 368 g/mol. The first-order valence-electron chi connectivity index (χ1n) is 10.9. The standard InChI is InChI=1S/C22H34N4O3/c1-3-26-10-4-5-18(26)14-24-21(23-2)25-15-22(8-11-27-12-9-22)17-6-7-19-20(13-17)29-16-28-19/h6-7,13,18H,3-5,8-12,14-16H2,1-2H3,(H2,23,24,25). The normalized spacial score (nSPS) is 23.9. The predicted octanol–water partition coefficient (Wildman–Crippen LogP) is 2.11. The number of nitrogens with zero attached hydrogens (tertiary/aromatic N) is 2. The third kappa shape index (κ3) is 4.46. The second kappa shape index (κ2) is 9.22.